The van der Waals surface area contributed by atoms with Crippen molar-refractivity contribution in [3.63, 3.8) is 0 Å². The van der Waals surface area contributed by atoms with Crippen molar-refractivity contribution in [3.8, 4) is 17.2 Å². The normalized spacial score (nSPS) is 10.7. The van der Waals surface area contributed by atoms with E-state index >= 15 is 0 Å². The maximum atomic E-state index is 12.0. The molecule has 0 saturated carbocycles. The molecule has 32 heavy (non-hydrogen) atoms. The summed E-state index contributed by atoms with van der Waals surface area (Å²) in [5.74, 6) is 1.73. The van der Waals surface area contributed by atoms with Crippen molar-refractivity contribution >= 4 is 17.5 Å². The highest BCUT2D eigenvalue weighted by Gasteiger charge is 2.10. The van der Waals surface area contributed by atoms with Crippen LogP contribution in [-0.4, -0.2) is 35.0 Å². The standard InChI is InChI=1S/C25H22ClN3O3/c1-29(2)25(30)20-10-12-22(13-11-20)31-16-17-6-8-19(9-7-17)24-27-23(28-32-24)15-18-4-3-5-21(26)14-18/h3-14H,15-16H2,1-2H3. The third kappa shape index (κ3) is 5.34. The lowest BCUT2D eigenvalue weighted by Gasteiger charge is -2.11. The van der Waals surface area contributed by atoms with E-state index in [0.29, 0.717) is 41.1 Å². The molecule has 4 rings (SSSR count). The monoisotopic (exact) mass is 447 g/mol. The summed E-state index contributed by atoms with van der Waals surface area (Å²) >= 11 is 6.03. The van der Waals surface area contributed by atoms with Gasteiger partial charge in [-0.3, -0.25) is 4.79 Å². The van der Waals surface area contributed by atoms with Crippen LogP contribution in [0.25, 0.3) is 11.5 Å². The number of hydrogen-bond donors (Lipinski definition) is 0. The lowest BCUT2D eigenvalue weighted by atomic mass is 10.1. The third-order valence-corrected chi connectivity index (χ3v) is 5.07. The molecule has 0 radical (unpaired) electrons. The Kier molecular flexibility index (Phi) is 6.52. The molecule has 0 aliphatic carbocycles. The maximum absolute atomic E-state index is 12.0. The first kappa shape index (κ1) is 21.6. The van der Waals surface area contributed by atoms with Crippen LogP contribution in [0.5, 0.6) is 5.75 Å². The zero-order valence-corrected chi connectivity index (χ0v) is 18.5. The van der Waals surface area contributed by atoms with Gasteiger partial charge < -0.3 is 14.2 Å². The summed E-state index contributed by atoms with van der Waals surface area (Å²) in [4.78, 5) is 18.0. The second-order valence-corrected chi connectivity index (χ2v) is 7.97. The molecule has 0 unspecified atom stereocenters. The van der Waals surface area contributed by atoms with Crippen molar-refractivity contribution in [2.45, 2.75) is 13.0 Å². The van der Waals surface area contributed by atoms with Crippen molar-refractivity contribution < 1.29 is 14.1 Å². The fraction of sp³-hybridized carbons (Fsp3) is 0.160. The molecule has 0 N–H and O–H groups in total. The third-order valence-electron chi connectivity index (χ3n) is 4.83. The van der Waals surface area contributed by atoms with Crippen molar-refractivity contribution in [2.75, 3.05) is 14.1 Å². The number of carbonyl (C=O) groups is 1. The highest BCUT2D eigenvalue weighted by atomic mass is 35.5. The first-order chi connectivity index (χ1) is 15.5. The van der Waals surface area contributed by atoms with E-state index in [2.05, 4.69) is 10.1 Å². The SMILES string of the molecule is CN(C)C(=O)c1ccc(OCc2ccc(-c3nc(Cc4cccc(Cl)c4)no3)cc2)cc1. The van der Waals surface area contributed by atoms with Gasteiger partial charge in [-0.15, -0.1) is 0 Å². The van der Waals surface area contributed by atoms with Crippen LogP contribution in [0.4, 0.5) is 0 Å². The molecule has 0 fully saturated rings. The Morgan fingerprint density at radius 2 is 1.75 bits per heavy atom. The smallest absolute Gasteiger partial charge is 0.257 e. The van der Waals surface area contributed by atoms with Gasteiger partial charge in [0.1, 0.15) is 12.4 Å². The minimum absolute atomic E-state index is 0.0381. The van der Waals surface area contributed by atoms with Gasteiger partial charge in [-0.1, -0.05) is 41.0 Å². The summed E-state index contributed by atoms with van der Waals surface area (Å²) in [6.07, 6.45) is 0.551. The Bertz CT molecular complexity index is 1200. The van der Waals surface area contributed by atoms with E-state index < -0.39 is 0 Å². The number of hydrogen-bond acceptors (Lipinski definition) is 5. The quantitative estimate of drug-likeness (QED) is 0.386. The number of carbonyl (C=O) groups excluding carboxylic acids is 1. The fourth-order valence-corrected chi connectivity index (χ4v) is 3.35. The van der Waals surface area contributed by atoms with E-state index in [9.17, 15) is 4.79 Å². The Hall–Kier alpha value is -3.64. The topological polar surface area (TPSA) is 68.5 Å². The van der Waals surface area contributed by atoms with Crippen molar-refractivity contribution in [3.05, 3.63) is 100 Å². The Labute approximate surface area is 191 Å². The average Bonchev–Trinajstić information content (AvgIpc) is 3.26. The zero-order valence-electron chi connectivity index (χ0n) is 17.8. The minimum Gasteiger partial charge on any atom is -0.489 e. The summed E-state index contributed by atoms with van der Waals surface area (Å²) in [5, 5.41) is 4.75. The zero-order chi connectivity index (χ0) is 22.5. The van der Waals surface area contributed by atoms with Crippen molar-refractivity contribution in [2.24, 2.45) is 0 Å². The van der Waals surface area contributed by atoms with Gasteiger partial charge in [-0.25, -0.2) is 0 Å². The van der Waals surface area contributed by atoms with Gasteiger partial charge >= 0.3 is 0 Å². The van der Waals surface area contributed by atoms with Crippen LogP contribution in [0.15, 0.2) is 77.3 Å². The molecule has 3 aromatic carbocycles. The molecule has 4 aromatic rings. The molecule has 0 atom stereocenters. The van der Waals surface area contributed by atoms with E-state index in [1.807, 2.05) is 48.5 Å². The first-order valence-corrected chi connectivity index (χ1v) is 10.5. The number of amides is 1. The number of nitrogens with zero attached hydrogens (tertiary/aromatic N) is 3. The summed E-state index contributed by atoms with van der Waals surface area (Å²) in [6, 6.07) is 22.5. The molecule has 6 nitrogen and oxygen atoms in total. The Balaban J connectivity index is 1.35. The number of ether oxygens (including phenoxy) is 1. The molecular formula is C25H22ClN3O3. The Morgan fingerprint density at radius 1 is 1.00 bits per heavy atom. The van der Waals surface area contributed by atoms with Crippen LogP contribution < -0.4 is 4.74 Å². The van der Waals surface area contributed by atoms with E-state index in [1.165, 1.54) is 0 Å². The lowest BCUT2D eigenvalue weighted by molar-refractivity contribution is 0.0827. The van der Waals surface area contributed by atoms with Gasteiger partial charge in [-0.2, -0.15) is 4.98 Å². The minimum atomic E-state index is -0.0381. The molecular weight excluding hydrogens is 426 g/mol. The molecule has 0 saturated heterocycles. The Morgan fingerprint density at radius 3 is 2.44 bits per heavy atom. The molecule has 1 heterocycles. The molecule has 0 aliphatic heterocycles. The summed E-state index contributed by atoms with van der Waals surface area (Å²) in [6.45, 7) is 0.408. The van der Waals surface area contributed by atoms with Gasteiger partial charge in [0, 0.05) is 36.7 Å². The summed E-state index contributed by atoms with van der Waals surface area (Å²) in [7, 11) is 3.45. The molecule has 1 amide bonds. The second-order valence-electron chi connectivity index (χ2n) is 7.53. The molecule has 0 bridgehead atoms. The van der Waals surface area contributed by atoms with E-state index in [-0.39, 0.29) is 5.91 Å². The van der Waals surface area contributed by atoms with Gasteiger partial charge in [0.25, 0.3) is 11.8 Å². The van der Waals surface area contributed by atoms with Crippen LogP contribution in [0.1, 0.15) is 27.3 Å². The van der Waals surface area contributed by atoms with Gasteiger partial charge in [0.2, 0.25) is 0 Å². The lowest BCUT2D eigenvalue weighted by Crippen LogP contribution is -2.21. The highest BCUT2D eigenvalue weighted by molar-refractivity contribution is 6.30. The van der Waals surface area contributed by atoms with Crippen LogP contribution in [-0.2, 0) is 13.0 Å². The van der Waals surface area contributed by atoms with E-state index in [1.54, 1.807) is 43.3 Å². The summed E-state index contributed by atoms with van der Waals surface area (Å²) < 4.78 is 11.2. The number of aromatic nitrogens is 2. The molecule has 0 spiro atoms. The summed E-state index contributed by atoms with van der Waals surface area (Å²) in [5.41, 5.74) is 3.49. The number of benzene rings is 3. The van der Waals surface area contributed by atoms with Gasteiger partial charge in [0.05, 0.1) is 0 Å². The van der Waals surface area contributed by atoms with Crippen LogP contribution in [0.3, 0.4) is 0 Å². The van der Waals surface area contributed by atoms with E-state index in [4.69, 9.17) is 20.9 Å². The maximum Gasteiger partial charge on any atom is 0.257 e. The number of halogens is 1. The van der Waals surface area contributed by atoms with Gasteiger partial charge in [-0.05, 0) is 59.7 Å². The molecule has 0 aliphatic rings. The van der Waals surface area contributed by atoms with Crippen LogP contribution in [0, 0.1) is 0 Å². The van der Waals surface area contributed by atoms with Gasteiger partial charge in [0.15, 0.2) is 5.82 Å². The van der Waals surface area contributed by atoms with E-state index in [0.717, 1.165) is 16.7 Å². The fourth-order valence-electron chi connectivity index (χ4n) is 3.13. The molecule has 162 valence electrons. The molecule has 7 heteroatoms. The predicted molar refractivity (Wildman–Crippen MR) is 123 cm³/mol. The average molecular weight is 448 g/mol. The first-order valence-electron chi connectivity index (χ1n) is 10.1. The number of rotatable bonds is 7. The largest absolute Gasteiger partial charge is 0.489 e. The predicted octanol–water partition coefficient (Wildman–Crippen LogP) is 5.26. The molecule has 1 aromatic heterocycles. The highest BCUT2D eigenvalue weighted by Crippen LogP contribution is 2.21. The van der Waals surface area contributed by atoms with Crippen molar-refractivity contribution in [1.82, 2.24) is 15.0 Å². The van der Waals surface area contributed by atoms with Crippen molar-refractivity contribution in [1.29, 1.82) is 0 Å². The second kappa shape index (κ2) is 9.66. The van der Waals surface area contributed by atoms with Crippen LogP contribution >= 0.6 is 11.6 Å². The van der Waals surface area contributed by atoms with Crippen LogP contribution in [0.2, 0.25) is 5.02 Å².